The van der Waals surface area contributed by atoms with Gasteiger partial charge in [0.2, 0.25) is 0 Å². The number of nitrogens with two attached hydrogens (primary N) is 1. The van der Waals surface area contributed by atoms with Crippen molar-refractivity contribution in [2.75, 3.05) is 17.3 Å². The second-order valence-electron chi connectivity index (χ2n) is 3.58. The minimum absolute atomic E-state index is 0.0992. The van der Waals surface area contributed by atoms with Crippen LogP contribution in [0.4, 0.5) is 17.5 Å². The minimum Gasteiger partial charge on any atom is -0.384 e. The molecular formula is C10H11N5O2S. The summed E-state index contributed by atoms with van der Waals surface area (Å²) in [6.07, 6.45) is 3.88. The maximum absolute atomic E-state index is 11.6. The first-order valence-electron chi connectivity index (χ1n) is 4.96. The molecule has 0 saturated heterocycles. The van der Waals surface area contributed by atoms with Gasteiger partial charge in [-0.25, -0.2) is 23.4 Å². The highest BCUT2D eigenvalue weighted by atomic mass is 32.2. The van der Waals surface area contributed by atoms with Crippen LogP contribution in [0, 0.1) is 0 Å². The lowest BCUT2D eigenvalue weighted by molar-refractivity contribution is 0.602. The van der Waals surface area contributed by atoms with Gasteiger partial charge in [0.25, 0.3) is 0 Å². The molecule has 0 unspecified atom stereocenters. The molecule has 0 aliphatic heterocycles. The molecule has 7 nitrogen and oxygen atoms in total. The first-order valence-corrected chi connectivity index (χ1v) is 6.85. The van der Waals surface area contributed by atoms with E-state index in [2.05, 4.69) is 20.3 Å². The van der Waals surface area contributed by atoms with E-state index in [1.807, 2.05) is 0 Å². The zero-order valence-corrected chi connectivity index (χ0v) is 10.3. The molecule has 2 heterocycles. The van der Waals surface area contributed by atoms with Crippen LogP contribution in [0.25, 0.3) is 0 Å². The maximum Gasteiger partial charge on any atom is 0.179 e. The van der Waals surface area contributed by atoms with Gasteiger partial charge in [-0.1, -0.05) is 0 Å². The van der Waals surface area contributed by atoms with Gasteiger partial charge < -0.3 is 11.1 Å². The molecule has 0 fully saturated rings. The molecular weight excluding hydrogens is 254 g/mol. The smallest absolute Gasteiger partial charge is 0.179 e. The highest BCUT2D eigenvalue weighted by Crippen LogP contribution is 2.21. The molecule has 8 heteroatoms. The summed E-state index contributed by atoms with van der Waals surface area (Å²) >= 11 is 0. The molecule has 0 aliphatic rings. The number of aromatic nitrogens is 3. The van der Waals surface area contributed by atoms with E-state index in [0.29, 0.717) is 5.82 Å². The van der Waals surface area contributed by atoms with Gasteiger partial charge in [0.1, 0.15) is 28.7 Å². The molecule has 0 amide bonds. The third-order valence-electron chi connectivity index (χ3n) is 2.10. The van der Waals surface area contributed by atoms with Crippen LogP contribution in [0.15, 0.2) is 35.6 Å². The lowest BCUT2D eigenvalue weighted by Gasteiger charge is -2.08. The largest absolute Gasteiger partial charge is 0.384 e. The molecule has 18 heavy (non-hydrogen) atoms. The second kappa shape index (κ2) is 4.57. The number of hydrogen-bond acceptors (Lipinski definition) is 7. The average molecular weight is 265 g/mol. The first kappa shape index (κ1) is 12.2. The summed E-state index contributed by atoms with van der Waals surface area (Å²) in [6.45, 7) is 0. The Bertz CT molecular complexity index is 671. The van der Waals surface area contributed by atoms with E-state index in [1.54, 1.807) is 6.07 Å². The molecule has 94 valence electrons. The van der Waals surface area contributed by atoms with Crippen LogP contribution in [0.3, 0.4) is 0 Å². The van der Waals surface area contributed by atoms with Crippen molar-refractivity contribution in [1.82, 2.24) is 15.0 Å². The predicted molar refractivity (Wildman–Crippen MR) is 67.1 cm³/mol. The highest BCUT2D eigenvalue weighted by Gasteiger charge is 2.14. The Morgan fingerprint density at radius 2 is 2.06 bits per heavy atom. The standard InChI is InChI=1S/C10H11N5O2S/c1-18(16,17)7-3-2-4-12-10(7)15-9-5-8(11)13-6-14-9/h2-6H,1H3,(H3,11,12,13,14,15). The fourth-order valence-electron chi connectivity index (χ4n) is 1.35. The quantitative estimate of drug-likeness (QED) is 0.835. The summed E-state index contributed by atoms with van der Waals surface area (Å²) in [6, 6.07) is 4.51. The molecule has 0 aromatic carbocycles. The molecule has 0 spiro atoms. The Balaban J connectivity index is 2.41. The van der Waals surface area contributed by atoms with Crippen LogP contribution in [0.2, 0.25) is 0 Å². The molecule has 2 aromatic rings. The van der Waals surface area contributed by atoms with E-state index in [9.17, 15) is 8.42 Å². The van der Waals surface area contributed by atoms with Crippen LogP contribution < -0.4 is 11.1 Å². The Morgan fingerprint density at radius 3 is 2.72 bits per heavy atom. The number of sulfone groups is 1. The Hall–Kier alpha value is -2.22. The highest BCUT2D eigenvalue weighted by molar-refractivity contribution is 7.90. The van der Waals surface area contributed by atoms with Crippen molar-refractivity contribution in [1.29, 1.82) is 0 Å². The Morgan fingerprint density at radius 1 is 1.28 bits per heavy atom. The predicted octanol–water partition coefficient (Wildman–Crippen LogP) is 0.601. The first-order chi connectivity index (χ1) is 8.47. The average Bonchev–Trinajstić information content (AvgIpc) is 2.28. The maximum atomic E-state index is 11.6. The number of pyridine rings is 1. The van der Waals surface area contributed by atoms with Crippen LogP contribution in [0.1, 0.15) is 0 Å². The molecule has 0 saturated carbocycles. The molecule has 0 aliphatic carbocycles. The molecule has 3 N–H and O–H groups in total. The van der Waals surface area contributed by atoms with Gasteiger partial charge in [0.15, 0.2) is 9.84 Å². The monoisotopic (exact) mass is 265 g/mol. The minimum atomic E-state index is -3.36. The van der Waals surface area contributed by atoms with Crippen LogP contribution in [-0.2, 0) is 9.84 Å². The summed E-state index contributed by atoms with van der Waals surface area (Å²) in [4.78, 5) is 11.7. The Kier molecular flexibility index (Phi) is 3.11. The summed E-state index contributed by atoms with van der Waals surface area (Å²) in [5, 5.41) is 2.80. The van der Waals surface area contributed by atoms with E-state index in [4.69, 9.17) is 5.73 Å². The molecule has 2 rings (SSSR count). The van der Waals surface area contributed by atoms with Gasteiger partial charge in [-0.05, 0) is 12.1 Å². The van der Waals surface area contributed by atoms with Crippen LogP contribution in [-0.4, -0.2) is 29.6 Å². The number of rotatable bonds is 3. The molecule has 0 atom stereocenters. The molecule has 2 aromatic heterocycles. The van der Waals surface area contributed by atoms with Crippen molar-refractivity contribution in [2.45, 2.75) is 4.90 Å². The lowest BCUT2D eigenvalue weighted by Crippen LogP contribution is -2.05. The third-order valence-corrected chi connectivity index (χ3v) is 3.23. The third kappa shape index (κ3) is 2.72. The van der Waals surface area contributed by atoms with Gasteiger partial charge in [-0.3, -0.25) is 0 Å². The van der Waals surface area contributed by atoms with Crippen molar-refractivity contribution in [2.24, 2.45) is 0 Å². The van der Waals surface area contributed by atoms with Crippen molar-refractivity contribution in [3.05, 3.63) is 30.7 Å². The number of nitrogens with zero attached hydrogens (tertiary/aromatic N) is 3. The zero-order chi connectivity index (χ0) is 13.2. The van der Waals surface area contributed by atoms with Gasteiger partial charge in [0, 0.05) is 18.5 Å². The van der Waals surface area contributed by atoms with Gasteiger partial charge in [-0.2, -0.15) is 0 Å². The van der Waals surface area contributed by atoms with Gasteiger partial charge in [0.05, 0.1) is 0 Å². The second-order valence-corrected chi connectivity index (χ2v) is 5.56. The van der Waals surface area contributed by atoms with Crippen LogP contribution in [0.5, 0.6) is 0 Å². The van der Waals surface area contributed by atoms with Crippen molar-refractivity contribution in [3.8, 4) is 0 Å². The van der Waals surface area contributed by atoms with Gasteiger partial charge in [-0.15, -0.1) is 0 Å². The molecule has 0 bridgehead atoms. The Labute approximate surface area is 104 Å². The SMILES string of the molecule is CS(=O)(=O)c1cccnc1Nc1cc(N)ncn1. The van der Waals surface area contributed by atoms with E-state index in [1.165, 1.54) is 24.7 Å². The normalized spacial score (nSPS) is 11.2. The summed E-state index contributed by atoms with van der Waals surface area (Å²) < 4.78 is 23.1. The van der Waals surface area contributed by atoms with Gasteiger partial charge >= 0.3 is 0 Å². The summed E-state index contributed by atoms with van der Waals surface area (Å²) in [5.41, 5.74) is 5.51. The van der Waals surface area contributed by atoms with Crippen LogP contribution >= 0.6 is 0 Å². The number of anilines is 3. The lowest BCUT2D eigenvalue weighted by atomic mass is 10.4. The zero-order valence-electron chi connectivity index (χ0n) is 9.53. The topological polar surface area (TPSA) is 111 Å². The van der Waals surface area contributed by atoms with Crippen molar-refractivity contribution >= 4 is 27.3 Å². The summed E-state index contributed by atoms with van der Waals surface area (Å²) in [5.74, 6) is 0.869. The van der Waals surface area contributed by atoms with Crippen molar-refractivity contribution < 1.29 is 8.42 Å². The van der Waals surface area contributed by atoms with E-state index >= 15 is 0 Å². The van der Waals surface area contributed by atoms with E-state index in [0.717, 1.165) is 6.26 Å². The number of hydrogen-bond donors (Lipinski definition) is 2. The fraction of sp³-hybridized carbons (Fsp3) is 0.100. The summed E-state index contributed by atoms with van der Waals surface area (Å²) in [7, 11) is -3.36. The van der Waals surface area contributed by atoms with Crippen molar-refractivity contribution in [3.63, 3.8) is 0 Å². The molecule has 0 radical (unpaired) electrons. The number of nitrogen functional groups attached to an aromatic ring is 1. The van der Waals surface area contributed by atoms with E-state index in [-0.39, 0.29) is 16.5 Å². The van der Waals surface area contributed by atoms with E-state index < -0.39 is 9.84 Å². The fourth-order valence-corrected chi connectivity index (χ4v) is 2.13. The number of nitrogens with one attached hydrogen (secondary N) is 1.